The lowest BCUT2D eigenvalue weighted by atomic mass is 10.2. The van der Waals surface area contributed by atoms with E-state index in [4.69, 9.17) is 11.6 Å². The van der Waals surface area contributed by atoms with Gasteiger partial charge in [-0.1, -0.05) is 35.9 Å². The fourth-order valence-electron chi connectivity index (χ4n) is 4.07. The van der Waals surface area contributed by atoms with E-state index in [-0.39, 0.29) is 30.0 Å². The van der Waals surface area contributed by atoms with E-state index in [0.717, 1.165) is 5.56 Å². The number of benzene rings is 1. The summed E-state index contributed by atoms with van der Waals surface area (Å²) in [6, 6.07) is 17.9. The molecule has 34 heavy (non-hydrogen) atoms. The van der Waals surface area contributed by atoms with Gasteiger partial charge in [-0.3, -0.25) is 14.3 Å². The molecule has 0 atom stereocenters. The molecule has 0 aliphatic heterocycles. The Morgan fingerprint density at radius 1 is 0.971 bits per heavy atom. The van der Waals surface area contributed by atoms with Gasteiger partial charge in [0.1, 0.15) is 11.0 Å². The van der Waals surface area contributed by atoms with Gasteiger partial charge in [0.2, 0.25) is 0 Å². The van der Waals surface area contributed by atoms with Crippen LogP contribution >= 0.6 is 11.6 Å². The molecule has 9 heteroatoms. The van der Waals surface area contributed by atoms with Gasteiger partial charge in [0.15, 0.2) is 5.82 Å². The molecule has 4 heterocycles. The Kier molecular flexibility index (Phi) is 5.59. The SMILES string of the molecule is Cc1c2c(=O)n(-c3ccccn3)n(Cc3ccc(F)cc3)c2cc(=O)n1Cc1cccc(Cl)n1. The van der Waals surface area contributed by atoms with Gasteiger partial charge in [-0.25, -0.2) is 14.4 Å². The third kappa shape index (κ3) is 3.92. The summed E-state index contributed by atoms with van der Waals surface area (Å²) in [4.78, 5) is 35.4. The van der Waals surface area contributed by atoms with Crippen LogP contribution in [0, 0.1) is 12.7 Å². The standard InChI is InChI=1S/C25H19ClFN5O2/c1-16-24-20(13-23(33)30(16)15-19-5-4-6-21(26)29-19)31(14-17-8-10-18(27)11-9-17)32(25(24)34)22-7-2-3-12-28-22/h2-13H,14-15H2,1H3. The maximum atomic E-state index is 13.7. The van der Waals surface area contributed by atoms with Gasteiger partial charge in [0.05, 0.1) is 29.7 Å². The zero-order chi connectivity index (χ0) is 23.8. The van der Waals surface area contributed by atoms with Crippen molar-refractivity contribution in [1.82, 2.24) is 23.9 Å². The number of aryl methyl sites for hydroxylation is 1. The van der Waals surface area contributed by atoms with Crippen LogP contribution in [0.15, 0.2) is 82.5 Å². The number of hydrogen-bond acceptors (Lipinski definition) is 4. The van der Waals surface area contributed by atoms with E-state index in [9.17, 15) is 14.0 Å². The van der Waals surface area contributed by atoms with Crippen LogP contribution in [0.5, 0.6) is 0 Å². The van der Waals surface area contributed by atoms with Crippen LogP contribution in [-0.4, -0.2) is 23.9 Å². The molecular weight excluding hydrogens is 457 g/mol. The van der Waals surface area contributed by atoms with Crippen molar-refractivity contribution >= 4 is 22.5 Å². The highest BCUT2D eigenvalue weighted by atomic mass is 35.5. The smallest absolute Gasteiger partial charge is 0.282 e. The van der Waals surface area contributed by atoms with Crippen LogP contribution < -0.4 is 11.1 Å². The average molecular weight is 476 g/mol. The second kappa shape index (κ2) is 8.72. The summed E-state index contributed by atoms with van der Waals surface area (Å²) in [5, 5.41) is 0.724. The summed E-state index contributed by atoms with van der Waals surface area (Å²) in [5.41, 5.74) is 1.77. The Balaban J connectivity index is 1.75. The number of hydrogen-bond donors (Lipinski definition) is 0. The molecular formula is C25H19ClFN5O2. The van der Waals surface area contributed by atoms with Crippen LogP contribution in [0.25, 0.3) is 16.7 Å². The normalized spacial score (nSPS) is 11.3. The molecule has 0 aliphatic carbocycles. The fraction of sp³-hybridized carbons (Fsp3) is 0.120. The van der Waals surface area contributed by atoms with Gasteiger partial charge in [0, 0.05) is 18.0 Å². The molecule has 170 valence electrons. The minimum Gasteiger partial charge on any atom is -0.306 e. The Hall–Kier alpha value is -4.04. The second-order valence-corrected chi connectivity index (χ2v) is 8.24. The lowest BCUT2D eigenvalue weighted by Gasteiger charge is -2.13. The third-order valence-electron chi connectivity index (χ3n) is 5.68. The quantitative estimate of drug-likeness (QED) is 0.361. The van der Waals surface area contributed by atoms with E-state index in [2.05, 4.69) is 9.97 Å². The number of aromatic nitrogens is 5. The molecule has 5 aromatic rings. The predicted octanol–water partition coefficient (Wildman–Crippen LogP) is 3.94. The molecule has 4 aromatic heterocycles. The summed E-state index contributed by atoms with van der Waals surface area (Å²) in [7, 11) is 0. The molecule has 0 N–H and O–H groups in total. The summed E-state index contributed by atoms with van der Waals surface area (Å²) < 4.78 is 18.1. The van der Waals surface area contributed by atoms with E-state index in [0.29, 0.717) is 33.3 Å². The summed E-state index contributed by atoms with van der Waals surface area (Å²) in [6.07, 6.45) is 1.60. The van der Waals surface area contributed by atoms with Crippen molar-refractivity contribution in [2.24, 2.45) is 0 Å². The maximum Gasteiger partial charge on any atom is 0.282 e. The van der Waals surface area contributed by atoms with Crippen molar-refractivity contribution in [1.29, 1.82) is 0 Å². The zero-order valence-corrected chi connectivity index (χ0v) is 18.9. The highest BCUT2D eigenvalue weighted by molar-refractivity contribution is 6.29. The summed E-state index contributed by atoms with van der Waals surface area (Å²) in [5.74, 6) is 0.0669. The molecule has 0 saturated heterocycles. The highest BCUT2D eigenvalue weighted by Gasteiger charge is 2.21. The number of nitrogens with zero attached hydrogens (tertiary/aromatic N) is 5. The summed E-state index contributed by atoms with van der Waals surface area (Å²) in [6.45, 7) is 2.16. The molecule has 0 unspecified atom stereocenters. The largest absolute Gasteiger partial charge is 0.306 e. The minimum absolute atomic E-state index is 0.174. The van der Waals surface area contributed by atoms with Crippen LogP contribution in [0.3, 0.4) is 0 Å². The molecule has 0 bridgehead atoms. The molecule has 7 nitrogen and oxygen atoms in total. The molecule has 0 amide bonds. The molecule has 0 fully saturated rings. The van der Waals surface area contributed by atoms with Crippen LogP contribution in [0.1, 0.15) is 17.0 Å². The van der Waals surface area contributed by atoms with Crippen LogP contribution in [-0.2, 0) is 13.1 Å². The van der Waals surface area contributed by atoms with Gasteiger partial charge in [-0.15, -0.1) is 0 Å². The van der Waals surface area contributed by atoms with E-state index >= 15 is 0 Å². The van der Waals surface area contributed by atoms with E-state index < -0.39 is 0 Å². The van der Waals surface area contributed by atoms with Crippen molar-refractivity contribution < 1.29 is 4.39 Å². The first kappa shape index (κ1) is 21.8. The highest BCUT2D eigenvalue weighted by Crippen LogP contribution is 2.19. The lowest BCUT2D eigenvalue weighted by Crippen LogP contribution is -2.24. The minimum atomic E-state index is -0.350. The number of pyridine rings is 3. The molecule has 0 radical (unpaired) electrons. The number of fused-ring (bicyclic) bond motifs is 1. The average Bonchev–Trinajstić information content (AvgIpc) is 3.09. The Bertz CT molecular complexity index is 1620. The third-order valence-corrected chi connectivity index (χ3v) is 5.89. The van der Waals surface area contributed by atoms with Gasteiger partial charge in [0.25, 0.3) is 11.1 Å². The van der Waals surface area contributed by atoms with Gasteiger partial charge < -0.3 is 4.57 Å². The molecule has 0 spiro atoms. The predicted molar refractivity (Wildman–Crippen MR) is 128 cm³/mol. The van der Waals surface area contributed by atoms with Gasteiger partial charge >= 0.3 is 0 Å². The van der Waals surface area contributed by atoms with Crippen LogP contribution in [0.4, 0.5) is 4.39 Å². The Labute approximate surface area is 198 Å². The van der Waals surface area contributed by atoms with E-state index in [1.807, 2.05) is 0 Å². The van der Waals surface area contributed by atoms with Crippen molar-refractivity contribution in [3.05, 3.63) is 122 Å². The van der Waals surface area contributed by atoms with Crippen molar-refractivity contribution in [2.75, 3.05) is 0 Å². The molecule has 0 aliphatic rings. The first-order valence-corrected chi connectivity index (χ1v) is 10.9. The fourth-order valence-corrected chi connectivity index (χ4v) is 4.25. The molecule has 1 aromatic carbocycles. The topological polar surface area (TPSA) is 74.7 Å². The van der Waals surface area contributed by atoms with Crippen molar-refractivity contribution in [3.63, 3.8) is 0 Å². The second-order valence-electron chi connectivity index (χ2n) is 7.86. The first-order chi connectivity index (χ1) is 16.4. The van der Waals surface area contributed by atoms with Crippen molar-refractivity contribution in [2.45, 2.75) is 20.0 Å². The maximum absolute atomic E-state index is 13.7. The lowest BCUT2D eigenvalue weighted by molar-refractivity contribution is 0.597. The molecule has 5 rings (SSSR count). The Morgan fingerprint density at radius 2 is 1.76 bits per heavy atom. The van der Waals surface area contributed by atoms with Gasteiger partial charge in [-0.05, 0) is 48.9 Å². The first-order valence-electron chi connectivity index (χ1n) is 10.6. The number of halogens is 2. The van der Waals surface area contributed by atoms with Crippen LogP contribution in [0.2, 0.25) is 5.15 Å². The number of rotatable bonds is 5. The Morgan fingerprint density at radius 3 is 2.47 bits per heavy atom. The van der Waals surface area contributed by atoms with Gasteiger partial charge in [-0.2, -0.15) is 4.68 Å². The van der Waals surface area contributed by atoms with E-state index in [1.165, 1.54) is 27.4 Å². The summed E-state index contributed by atoms with van der Waals surface area (Å²) >= 11 is 6.00. The zero-order valence-electron chi connectivity index (χ0n) is 18.2. The molecule has 0 saturated carbocycles. The van der Waals surface area contributed by atoms with E-state index in [1.54, 1.807) is 66.3 Å². The monoisotopic (exact) mass is 475 g/mol. The van der Waals surface area contributed by atoms with Crippen molar-refractivity contribution in [3.8, 4) is 5.82 Å².